The molecule has 1 saturated heterocycles. The van der Waals surface area contributed by atoms with E-state index in [1.54, 1.807) is 0 Å². The number of nitrogens with zero attached hydrogens (tertiary/aromatic N) is 3. The Balaban J connectivity index is 2.53. The molecule has 0 aromatic heterocycles. The van der Waals surface area contributed by atoms with Crippen LogP contribution in [0.3, 0.4) is 0 Å². The molecule has 0 bridgehead atoms. The van der Waals surface area contributed by atoms with Gasteiger partial charge in [-0.15, -0.1) is 0 Å². The van der Waals surface area contributed by atoms with Gasteiger partial charge in [-0.05, 0) is 109 Å². The first kappa shape index (κ1) is 29.8. The Morgan fingerprint density at radius 1 is 1.17 bits per heavy atom. The third-order valence-electron chi connectivity index (χ3n) is 7.42. The molecule has 2 aliphatic rings. The Hall–Kier alpha value is -2.46. The lowest BCUT2D eigenvalue weighted by Crippen LogP contribution is -2.56. The second kappa shape index (κ2) is 13.7. The lowest BCUT2D eigenvalue weighted by molar-refractivity contribution is 0.195. The first-order chi connectivity index (χ1) is 17.0. The van der Waals surface area contributed by atoms with Crippen LogP contribution in [-0.2, 0) is 0 Å². The molecular weight excluding hydrogens is 440 g/mol. The van der Waals surface area contributed by atoms with Gasteiger partial charge >= 0.3 is 0 Å². The minimum Gasteiger partial charge on any atom is -0.369 e. The van der Waals surface area contributed by atoms with Crippen LogP contribution in [0, 0.1) is 5.92 Å². The molecule has 1 heterocycles. The minimum atomic E-state index is 0.108. The van der Waals surface area contributed by atoms with E-state index in [1.807, 2.05) is 14.0 Å². The molecule has 4 heteroatoms. The SMILES string of the molecule is C=C(C)/C(C)=C/C(=NC)C(=C/C(C)=C1CCC1)/N=C(\C=C/C(=C\C)N1CCNC(C)(C)C1)C(C)CC. The molecule has 0 spiro atoms. The lowest BCUT2D eigenvalue weighted by atomic mass is 9.88. The molecule has 0 radical (unpaired) electrons. The molecule has 0 aromatic carbocycles. The fraction of sp³-hybridized carbons (Fsp3) is 0.562. The fourth-order valence-corrected chi connectivity index (χ4v) is 4.38. The van der Waals surface area contributed by atoms with Gasteiger partial charge in [0.2, 0.25) is 0 Å². The van der Waals surface area contributed by atoms with Crippen LogP contribution in [-0.4, -0.2) is 48.5 Å². The average molecular weight is 491 g/mol. The summed E-state index contributed by atoms with van der Waals surface area (Å²) in [6.07, 6.45) is 15.8. The Kier molecular flexibility index (Phi) is 11.4. The van der Waals surface area contributed by atoms with Gasteiger partial charge < -0.3 is 10.2 Å². The van der Waals surface area contributed by atoms with Crippen molar-refractivity contribution in [1.82, 2.24) is 10.2 Å². The maximum absolute atomic E-state index is 5.28. The van der Waals surface area contributed by atoms with Crippen molar-refractivity contribution in [3.05, 3.63) is 70.6 Å². The van der Waals surface area contributed by atoms with E-state index in [4.69, 9.17) is 4.99 Å². The van der Waals surface area contributed by atoms with Crippen molar-refractivity contribution in [3.63, 3.8) is 0 Å². The third-order valence-corrected chi connectivity index (χ3v) is 7.42. The standard InChI is InChI=1S/C32H50N4/c1-11-24(5)29(17-16-28(12-2)36-19-18-34-32(8,9)22-36)35-31(21-26(7)27-14-13-15-27)30(33-10)20-25(6)23(3)4/h12,16-17,20-21,24,34H,3,11,13-15,18-19,22H2,1-2,4-10H3/b17-16-,25-20+,28-12+,31-21-,33-30?,35-29+. The topological polar surface area (TPSA) is 40.0 Å². The molecule has 2 rings (SSSR count). The van der Waals surface area contributed by atoms with E-state index in [0.29, 0.717) is 5.92 Å². The molecule has 198 valence electrons. The normalized spacial score (nSPS) is 21.1. The van der Waals surface area contributed by atoms with Gasteiger partial charge in [0.05, 0.1) is 11.4 Å². The molecular formula is C32H50N4. The van der Waals surface area contributed by atoms with Crippen LogP contribution in [0.1, 0.15) is 81.1 Å². The first-order valence-corrected chi connectivity index (χ1v) is 13.7. The second-order valence-corrected chi connectivity index (χ2v) is 11.0. The maximum Gasteiger partial charge on any atom is 0.0887 e. The zero-order valence-electron chi connectivity index (χ0n) is 24.5. The molecule has 1 saturated carbocycles. The van der Waals surface area contributed by atoms with Gasteiger partial charge in [0.1, 0.15) is 0 Å². The quantitative estimate of drug-likeness (QED) is 0.253. The summed E-state index contributed by atoms with van der Waals surface area (Å²) in [7, 11) is 1.86. The highest BCUT2D eigenvalue weighted by atomic mass is 15.2. The molecule has 1 aliphatic carbocycles. The number of rotatable bonds is 10. The number of allylic oxidation sites excluding steroid dienone is 9. The predicted octanol–water partition coefficient (Wildman–Crippen LogP) is 7.59. The summed E-state index contributed by atoms with van der Waals surface area (Å²) in [5.41, 5.74) is 9.32. The van der Waals surface area contributed by atoms with E-state index in [9.17, 15) is 0 Å². The molecule has 1 aliphatic heterocycles. The number of aliphatic imine (C=N–C) groups is 2. The zero-order chi connectivity index (χ0) is 26.9. The molecule has 4 nitrogen and oxygen atoms in total. The highest BCUT2D eigenvalue weighted by Gasteiger charge is 2.26. The first-order valence-electron chi connectivity index (χ1n) is 13.7. The number of hydrogen-bond acceptors (Lipinski definition) is 4. The summed E-state index contributed by atoms with van der Waals surface area (Å²) < 4.78 is 0. The van der Waals surface area contributed by atoms with Crippen molar-refractivity contribution in [2.45, 2.75) is 86.6 Å². The molecule has 0 amide bonds. The van der Waals surface area contributed by atoms with E-state index >= 15 is 0 Å². The summed E-state index contributed by atoms with van der Waals surface area (Å²) >= 11 is 0. The molecule has 2 fully saturated rings. The summed E-state index contributed by atoms with van der Waals surface area (Å²) in [5, 5.41) is 3.61. The number of nitrogens with one attached hydrogen (secondary N) is 1. The van der Waals surface area contributed by atoms with Crippen LogP contribution < -0.4 is 5.32 Å². The van der Waals surface area contributed by atoms with Crippen LogP contribution in [0.4, 0.5) is 0 Å². The Labute approximate surface area is 221 Å². The average Bonchev–Trinajstić information content (AvgIpc) is 2.78. The smallest absolute Gasteiger partial charge is 0.0887 e. The Bertz CT molecular complexity index is 1000. The van der Waals surface area contributed by atoms with Gasteiger partial charge in [-0.1, -0.05) is 37.6 Å². The highest BCUT2D eigenvalue weighted by molar-refractivity contribution is 6.11. The monoisotopic (exact) mass is 490 g/mol. The van der Waals surface area contributed by atoms with Gasteiger partial charge in [0.25, 0.3) is 0 Å². The highest BCUT2D eigenvalue weighted by Crippen LogP contribution is 2.30. The molecule has 36 heavy (non-hydrogen) atoms. The van der Waals surface area contributed by atoms with Gasteiger partial charge in [-0.3, -0.25) is 9.98 Å². The Morgan fingerprint density at radius 2 is 1.86 bits per heavy atom. The van der Waals surface area contributed by atoms with E-state index in [0.717, 1.165) is 54.3 Å². The lowest BCUT2D eigenvalue weighted by Gasteiger charge is -2.41. The van der Waals surface area contributed by atoms with Gasteiger partial charge in [0.15, 0.2) is 0 Å². The second-order valence-electron chi connectivity index (χ2n) is 11.0. The third kappa shape index (κ3) is 8.58. The van der Waals surface area contributed by atoms with Crippen molar-refractivity contribution in [2.75, 3.05) is 26.7 Å². The number of hydrogen-bond donors (Lipinski definition) is 1. The minimum absolute atomic E-state index is 0.108. The van der Waals surface area contributed by atoms with Crippen molar-refractivity contribution < 1.29 is 0 Å². The van der Waals surface area contributed by atoms with Crippen molar-refractivity contribution >= 4 is 11.4 Å². The van der Waals surface area contributed by atoms with Crippen LogP contribution in [0.2, 0.25) is 0 Å². The summed E-state index contributed by atoms with van der Waals surface area (Å²) in [5.74, 6) is 0.336. The molecule has 1 unspecified atom stereocenters. The van der Waals surface area contributed by atoms with E-state index < -0.39 is 0 Å². The fourth-order valence-electron chi connectivity index (χ4n) is 4.38. The largest absolute Gasteiger partial charge is 0.369 e. The van der Waals surface area contributed by atoms with Crippen LogP contribution in [0.5, 0.6) is 0 Å². The summed E-state index contributed by atoms with van der Waals surface area (Å²) in [6, 6.07) is 0. The van der Waals surface area contributed by atoms with Crippen LogP contribution in [0.25, 0.3) is 0 Å². The van der Waals surface area contributed by atoms with E-state index in [1.165, 1.54) is 36.1 Å². The summed E-state index contributed by atoms with van der Waals surface area (Å²) in [6.45, 7) is 24.6. The van der Waals surface area contributed by atoms with E-state index in [-0.39, 0.29) is 5.54 Å². The van der Waals surface area contributed by atoms with Crippen molar-refractivity contribution in [1.29, 1.82) is 0 Å². The predicted molar refractivity (Wildman–Crippen MR) is 160 cm³/mol. The zero-order valence-corrected chi connectivity index (χ0v) is 24.5. The molecule has 0 aromatic rings. The number of piperazine rings is 1. The summed E-state index contributed by atoms with van der Waals surface area (Å²) in [4.78, 5) is 12.4. The van der Waals surface area contributed by atoms with Gasteiger partial charge in [-0.25, -0.2) is 0 Å². The molecule has 1 atom stereocenters. The van der Waals surface area contributed by atoms with Crippen molar-refractivity contribution in [3.8, 4) is 0 Å². The van der Waals surface area contributed by atoms with Crippen LogP contribution >= 0.6 is 0 Å². The van der Waals surface area contributed by atoms with E-state index in [2.05, 4.69) is 101 Å². The van der Waals surface area contributed by atoms with Gasteiger partial charge in [0, 0.05) is 43.6 Å². The van der Waals surface area contributed by atoms with Crippen molar-refractivity contribution in [2.24, 2.45) is 15.9 Å². The van der Waals surface area contributed by atoms with Crippen LogP contribution in [0.15, 0.2) is 80.6 Å². The maximum atomic E-state index is 5.28. The Morgan fingerprint density at radius 3 is 2.36 bits per heavy atom. The molecule has 1 N–H and O–H groups in total. The van der Waals surface area contributed by atoms with Gasteiger partial charge in [-0.2, -0.15) is 0 Å².